The Morgan fingerprint density at radius 2 is 1.94 bits per heavy atom. The van der Waals surface area contributed by atoms with Crippen molar-refractivity contribution < 1.29 is 4.74 Å². The van der Waals surface area contributed by atoms with Gasteiger partial charge in [-0.1, -0.05) is 18.2 Å². The fourth-order valence-corrected chi connectivity index (χ4v) is 1.87. The summed E-state index contributed by atoms with van der Waals surface area (Å²) in [5.74, 6) is 1.81. The summed E-state index contributed by atoms with van der Waals surface area (Å²) in [6.45, 7) is 2.15. The van der Waals surface area contributed by atoms with E-state index in [9.17, 15) is 0 Å². The van der Waals surface area contributed by atoms with Crippen molar-refractivity contribution in [2.45, 2.75) is 19.4 Å². The van der Waals surface area contributed by atoms with Crippen LogP contribution in [0, 0.1) is 0 Å². The summed E-state index contributed by atoms with van der Waals surface area (Å²) in [5.41, 5.74) is 1.28. The maximum atomic E-state index is 5.14. The van der Waals surface area contributed by atoms with Gasteiger partial charge in [0.25, 0.3) is 0 Å². The molecule has 1 atom stereocenters. The molecule has 0 aliphatic heterocycles. The molecule has 0 saturated heterocycles. The van der Waals surface area contributed by atoms with E-state index in [2.05, 4.69) is 29.4 Å². The number of hydrogen-bond acceptors (Lipinski definition) is 3. The van der Waals surface area contributed by atoms with Crippen LogP contribution in [0.25, 0.3) is 0 Å². The third-order valence-corrected chi connectivity index (χ3v) is 2.76. The fraction of sp³-hybridized carbons (Fsp3) is 0.267. The molecule has 0 radical (unpaired) electrons. The number of hydrogen-bond donors (Lipinski definition) is 1. The molecular formula is C15H18N2O. The van der Waals surface area contributed by atoms with Gasteiger partial charge in [-0.2, -0.15) is 0 Å². The molecule has 1 unspecified atom stereocenters. The Morgan fingerprint density at radius 1 is 1.17 bits per heavy atom. The van der Waals surface area contributed by atoms with Crippen molar-refractivity contribution >= 4 is 5.82 Å². The van der Waals surface area contributed by atoms with Crippen LogP contribution < -0.4 is 10.1 Å². The van der Waals surface area contributed by atoms with Crippen LogP contribution in [0.15, 0.2) is 48.7 Å². The highest BCUT2D eigenvalue weighted by Crippen LogP contribution is 2.13. The molecule has 3 heteroatoms. The molecule has 0 spiro atoms. The van der Waals surface area contributed by atoms with Crippen LogP contribution in [0.1, 0.15) is 12.5 Å². The molecule has 3 nitrogen and oxygen atoms in total. The third kappa shape index (κ3) is 3.48. The molecule has 0 saturated carbocycles. The van der Waals surface area contributed by atoms with Gasteiger partial charge in [-0.05, 0) is 43.2 Å². The van der Waals surface area contributed by atoms with Crippen molar-refractivity contribution in [2.24, 2.45) is 0 Å². The molecule has 1 heterocycles. The minimum atomic E-state index is 0.341. The van der Waals surface area contributed by atoms with Crippen LogP contribution in [-0.2, 0) is 6.42 Å². The molecule has 0 amide bonds. The first-order chi connectivity index (χ1) is 8.78. The van der Waals surface area contributed by atoms with Crippen molar-refractivity contribution in [3.05, 3.63) is 54.2 Å². The van der Waals surface area contributed by atoms with Crippen LogP contribution in [0.3, 0.4) is 0 Å². The van der Waals surface area contributed by atoms with Crippen molar-refractivity contribution in [1.82, 2.24) is 4.98 Å². The van der Waals surface area contributed by atoms with Crippen LogP contribution in [0.4, 0.5) is 5.82 Å². The summed E-state index contributed by atoms with van der Waals surface area (Å²) in [5, 5.41) is 3.38. The van der Waals surface area contributed by atoms with Gasteiger partial charge in [-0.3, -0.25) is 0 Å². The lowest BCUT2D eigenvalue weighted by Gasteiger charge is -2.14. The number of ether oxygens (including phenoxy) is 1. The van der Waals surface area contributed by atoms with Gasteiger partial charge < -0.3 is 10.1 Å². The smallest absolute Gasteiger partial charge is 0.126 e. The van der Waals surface area contributed by atoms with E-state index in [1.807, 2.05) is 30.3 Å². The Labute approximate surface area is 108 Å². The van der Waals surface area contributed by atoms with E-state index in [1.54, 1.807) is 13.3 Å². The van der Waals surface area contributed by atoms with Gasteiger partial charge in [0.1, 0.15) is 11.6 Å². The summed E-state index contributed by atoms with van der Waals surface area (Å²) < 4.78 is 5.14. The van der Waals surface area contributed by atoms with Crippen molar-refractivity contribution in [3.8, 4) is 5.75 Å². The van der Waals surface area contributed by atoms with Crippen molar-refractivity contribution in [2.75, 3.05) is 12.4 Å². The fourth-order valence-electron chi connectivity index (χ4n) is 1.87. The molecule has 18 heavy (non-hydrogen) atoms. The molecule has 0 aliphatic rings. The summed E-state index contributed by atoms with van der Waals surface area (Å²) in [7, 11) is 1.68. The first kappa shape index (κ1) is 12.4. The van der Waals surface area contributed by atoms with Gasteiger partial charge in [0.05, 0.1) is 7.11 Å². The molecule has 0 bridgehead atoms. The molecule has 2 rings (SSSR count). The van der Waals surface area contributed by atoms with Gasteiger partial charge >= 0.3 is 0 Å². The zero-order valence-electron chi connectivity index (χ0n) is 10.8. The maximum Gasteiger partial charge on any atom is 0.126 e. The Balaban J connectivity index is 1.92. The Kier molecular flexibility index (Phi) is 4.18. The number of methoxy groups -OCH3 is 1. The van der Waals surface area contributed by atoms with E-state index < -0.39 is 0 Å². The van der Waals surface area contributed by atoms with Crippen LogP contribution in [0.5, 0.6) is 5.75 Å². The van der Waals surface area contributed by atoms with Crippen LogP contribution >= 0.6 is 0 Å². The number of nitrogens with zero attached hydrogens (tertiary/aromatic N) is 1. The highest BCUT2D eigenvalue weighted by Gasteiger charge is 2.04. The molecular weight excluding hydrogens is 224 g/mol. The number of anilines is 1. The Morgan fingerprint density at radius 3 is 2.56 bits per heavy atom. The zero-order chi connectivity index (χ0) is 12.8. The van der Waals surface area contributed by atoms with E-state index >= 15 is 0 Å². The van der Waals surface area contributed by atoms with Gasteiger partial charge in [0, 0.05) is 12.2 Å². The lowest BCUT2D eigenvalue weighted by molar-refractivity contribution is 0.414. The normalized spacial score (nSPS) is 11.9. The minimum absolute atomic E-state index is 0.341. The molecule has 94 valence electrons. The van der Waals surface area contributed by atoms with Crippen LogP contribution in [0.2, 0.25) is 0 Å². The molecule has 0 fully saturated rings. The van der Waals surface area contributed by atoms with E-state index in [1.165, 1.54) is 5.56 Å². The maximum absolute atomic E-state index is 5.14. The SMILES string of the molecule is COc1ccc(CC(C)Nc2ccccn2)cc1. The van der Waals surface area contributed by atoms with Gasteiger partial charge in [0.2, 0.25) is 0 Å². The predicted molar refractivity (Wildman–Crippen MR) is 74.0 cm³/mol. The Bertz CT molecular complexity index is 468. The number of nitrogens with one attached hydrogen (secondary N) is 1. The summed E-state index contributed by atoms with van der Waals surface area (Å²) in [6.07, 6.45) is 2.75. The lowest BCUT2D eigenvalue weighted by Crippen LogP contribution is -2.18. The van der Waals surface area contributed by atoms with Crippen molar-refractivity contribution in [3.63, 3.8) is 0 Å². The largest absolute Gasteiger partial charge is 0.497 e. The number of pyridine rings is 1. The first-order valence-electron chi connectivity index (χ1n) is 6.08. The minimum Gasteiger partial charge on any atom is -0.497 e. The number of benzene rings is 1. The van der Waals surface area contributed by atoms with Gasteiger partial charge in [-0.25, -0.2) is 4.98 Å². The molecule has 1 N–H and O–H groups in total. The number of rotatable bonds is 5. The second kappa shape index (κ2) is 6.05. The highest BCUT2D eigenvalue weighted by atomic mass is 16.5. The second-order valence-corrected chi connectivity index (χ2v) is 4.31. The standard InChI is InChI=1S/C15H18N2O/c1-12(17-15-5-3-4-10-16-15)11-13-6-8-14(18-2)9-7-13/h3-10,12H,11H2,1-2H3,(H,16,17). The average molecular weight is 242 g/mol. The van der Waals surface area contributed by atoms with Gasteiger partial charge in [0.15, 0.2) is 0 Å². The number of aromatic nitrogens is 1. The lowest BCUT2D eigenvalue weighted by atomic mass is 10.1. The van der Waals surface area contributed by atoms with E-state index in [4.69, 9.17) is 4.74 Å². The topological polar surface area (TPSA) is 34.1 Å². The van der Waals surface area contributed by atoms with Crippen LogP contribution in [-0.4, -0.2) is 18.1 Å². The summed E-state index contributed by atoms with van der Waals surface area (Å²) in [4.78, 5) is 4.26. The highest BCUT2D eigenvalue weighted by molar-refractivity contribution is 5.35. The van der Waals surface area contributed by atoms with E-state index in [0.717, 1.165) is 18.0 Å². The molecule has 1 aromatic heterocycles. The average Bonchev–Trinajstić information content (AvgIpc) is 2.40. The Hall–Kier alpha value is -2.03. The van der Waals surface area contributed by atoms with E-state index in [0.29, 0.717) is 6.04 Å². The van der Waals surface area contributed by atoms with E-state index in [-0.39, 0.29) is 0 Å². The van der Waals surface area contributed by atoms with Gasteiger partial charge in [-0.15, -0.1) is 0 Å². The second-order valence-electron chi connectivity index (χ2n) is 4.31. The monoisotopic (exact) mass is 242 g/mol. The molecule has 0 aliphatic carbocycles. The molecule has 1 aromatic carbocycles. The first-order valence-corrected chi connectivity index (χ1v) is 6.08. The zero-order valence-corrected chi connectivity index (χ0v) is 10.8. The molecule has 2 aromatic rings. The summed E-state index contributed by atoms with van der Waals surface area (Å²) >= 11 is 0. The predicted octanol–water partition coefficient (Wildman–Crippen LogP) is 3.13. The third-order valence-electron chi connectivity index (χ3n) is 2.76. The quantitative estimate of drug-likeness (QED) is 0.874. The van der Waals surface area contributed by atoms with Crippen molar-refractivity contribution in [1.29, 1.82) is 0 Å². The summed E-state index contributed by atoms with van der Waals surface area (Å²) in [6, 6.07) is 14.4.